The maximum Gasteiger partial charge on any atom is 0.326 e. The number of imide groups is 1. The number of aryl methyl sites for hydroxylation is 1. The molecule has 0 bridgehead atoms. The van der Waals surface area contributed by atoms with E-state index in [0.29, 0.717) is 31.3 Å². The fourth-order valence-electron chi connectivity index (χ4n) is 2.79. The lowest BCUT2D eigenvalue weighted by atomic mass is 10.1. The molecule has 29 heavy (non-hydrogen) atoms. The molecule has 3 rings (SSSR count). The molecule has 7 heteroatoms. The first-order valence-corrected chi connectivity index (χ1v) is 9.49. The second-order valence-electron chi connectivity index (χ2n) is 6.42. The molecule has 0 atom stereocenters. The fraction of sp³-hybridized carbons (Fsp3) is 0.273. The van der Waals surface area contributed by atoms with Crippen molar-refractivity contribution in [3.05, 3.63) is 59.3 Å². The SMILES string of the molecule is CCOc1cc(/C=C2\NC(=O)NC2=O)ccc1OCCCOc1ccccc1C. The molecule has 0 radical (unpaired) electrons. The Balaban J connectivity index is 1.57. The van der Waals surface area contributed by atoms with Crippen molar-refractivity contribution in [3.63, 3.8) is 0 Å². The van der Waals surface area contributed by atoms with Gasteiger partial charge in [0.25, 0.3) is 5.91 Å². The van der Waals surface area contributed by atoms with Gasteiger partial charge in [0.05, 0.1) is 19.8 Å². The van der Waals surface area contributed by atoms with Crippen molar-refractivity contribution >= 4 is 18.0 Å². The first-order valence-electron chi connectivity index (χ1n) is 9.49. The van der Waals surface area contributed by atoms with Crippen molar-refractivity contribution in [2.75, 3.05) is 19.8 Å². The Labute approximate surface area is 169 Å². The summed E-state index contributed by atoms with van der Waals surface area (Å²) >= 11 is 0. The molecule has 0 aliphatic carbocycles. The quantitative estimate of drug-likeness (QED) is 0.385. The van der Waals surface area contributed by atoms with E-state index in [2.05, 4.69) is 10.6 Å². The van der Waals surface area contributed by atoms with Gasteiger partial charge in [-0.25, -0.2) is 4.79 Å². The number of para-hydroxylation sites is 1. The monoisotopic (exact) mass is 396 g/mol. The summed E-state index contributed by atoms with van der Waals surface area (Å²) in [5, 5.41) is 4.63. The van der Waals surface area contributed by atoms with Gasteiger partial charge in [0.2, 0.25) is 0 Å². The van der Waals surface area contributed by atoms with Gasteiger partial charge in [-0.05, 0) is 49.2 Å². The largest absolute Gasteiger partial charge is 0.493 e. The van der Waals surface area contributed by atoms with Crippen LogP contribution in [0.25, 0.3) is 6.08 Å². The van der Waals surface area contributed by atoms with Crippen molar-refractivity contribution in [1.82, 2.24) is 10.6 Å². The minimum atomic E-state index is -0.529. The van der Waals surface area contributed by atoms with Crippen LogP contribution in [0.5, 0.6) is 17.2 Å². The van der Waals surface area contributed by atoms with Crippen LogP contribution in [0.2, 0.25) is 0 Å². The number of urea groups is 1. The van der Waals surface area contributed by atoms with E-state index in [1.54, 1.807) is 24.3 Å². The standard InChI is InChI=1S/C22H24N2O5/c1-3-27-20-14-16(13-17-21(25)24-22(26)23-17)9-10-19(20)29-12-6-11-28-18-8-5-4-7-15(18)2/h4-5,7-10,13-14H,3,6,11-12H2,1-2H3,(H2,23,24,25,26)/b17-13-. The Hall–Kier alpha value is -3.48. The Bertz CT molecular complexity index is 923. The minimum absolute atomic E-state index is 0.194. The maximum atomic E-state index is 11.7. The van der Waals surface area contributed by atoms with Crippen LogP contribution < -0.4 is 24.8 Å². The van der Waals surface area contributed by atoms with Crippen LogP contribution in [-0.2, 0) is 4.79 Å². The molecular formula is C22H24N2O5. The van der Waals surface area contributed by atoms with Gasteiger partial charge >= 0.3 is 6.03 Å². The van der Waals surface area contributed by atoms with Gasteiger partial charge in [0.15, 0.2) is 11.5 Å². The van der Waals surface area contributed by atoms with E-state index in [1.807, 2.05) is 38.1 Å². The zero-order valence-electron chi connectivity index (χ0n) is 16.5. The number of carbonyl (C=O) groups is 2. The summed E-state index contributed by atoms with van der Waals surface area (Å²) in [4.78, 5) is 22.9. The predicted molar refractivity (Wildman–Crippen MR) is 109 cm³/mol. The third-order valence-electron chi connectivity index (χ3n) is 4.20. The number of ether oxygens (including phenoxy) is 3. The molecule has 1 aliphatic heterocycles. The number of hydrogen-bond donors (Lipinski definition) is 2. The van der Waals surface area contributed by atoms with Crippen LogP contribution in [-0.4, -0.2) is 31.8 Å². The molecule has 2 aromatic carbocycles. The van der Waals surface area contributed by atoms with Gasteiger partial charge < -0.3 is 19.5 Å². The summed E-state index contributed by atoms with van der Waals surface area (Å²) in [5.41, 5.74) is 2.01. The van der Waals surface area contributed by atoms with E-state index in [0.717, 1.165) is 23.3 Å². The Kier molecular flexibility index (Phi) is 6.73. The lowest BCUT2D eigenvalue weighted by molar-refractivity contribution is -0.115. The normalized spacial score (nSPS) is 14.5. The summed E-state index contributed by atoms with van der Waals surface area (Å²) in [5.74, 6) is 1.61. The van der Waals surface area contributed by atoms with Crippen LogP contribution in [0.3, 0.4) is 0 Å². The highest BCUT2D eigenvalue weighted by molar-refractivity contribution is 6.14. The van der Waals surface area contributed by atoms with Gasteiger partial charge in [0.1, 0.15) is 11.4 Å². The minimum Gasteiger partial charge on any atom is -0.493 e. The molecule has 0 saturated carbocycles. The van der Waals surface area contributed by atoms with E-state index in [1.165, 1.54) is 0 Å². The van der Waals surface area contributed by atoms with Gasteiger partial charge in [-0.2, -0.15) is 0 Å². The summed E-state index contributed by atoms with van der Waals surface area (Å²) < 4.78 is 17.3. The van der Waals surface area contributed by atoms with Gasteiger partial charge in [-0.1, -0.05) is 24.3 Å². The number of carbonyl (C=O) groups excluding carboxylic acids is 2. The van der Waals surface area contributed by atoms with Crippen molar-refractivity contribution in [2.45, 2.75) is 20.3 Å². The van der Waals surface area contributed by atoms with Crippen LogP contribution in [0.1, 0.15) is 24.5 Å². The van der Waals surface area contributed by atoms with E-state index in [9.17, 15) is 9.59 Å². The Morgan fingerprint density at radius 2 is 1.66 bits per heavy atom. The first-order chi connectivity index (χ1) is 14.1. The van der Waals surface area contributed by atoms with E-state index >= 15 is 0 Å². The van der Waals surface area contributed by atoms with Crippen LogP contribution >= 0.6 is 0 Å². The molecule has 152 valence electrons. The lowest BCUT2D eigenvalue weighted by Crippen LogP contribution is -2.22. The summed E-state index contributed by atoms with van der Waals surface area (Å²) in [6.07, 6.45) is 2.31. The van der Waals surface area contributed by atoms with Crippen molar-refractivity contribution in [2.24, 2.45) is 0 Å². The fourth-order valence-corrected chi connectivity index (χ4v) is 2.79. The average molecular weight is 396 g/mol. The Morgan fingerprint density at radius 3 is 2.34 bits per heavy atom. The molecule has 3 amide bonds. The number of rotatable bonds is 9. The molecule has 7 nitrogen and oxygen atoms in total. The lowest BCUT2D eigenvalue weighted by Gasteiger charge is -2.13. The van der Waals surface area contributed by atoms with Crippen molar-refractivity contribution < 1.29 is 23.8 Å². The zero-order valence-corrected chi connectivity index (χ0v) is 16.5. The van der Waals surface area contributed by atoms with Gasteiger partial charge in [-0.3, -0.25) is 10.1 Å². The van der Waals surface area contributed by atoms with E-state index < -0.39 is 11.9 Å². The number of amides is 3. The summed E-state index contributed by atoms with van der Waals surface area (Å²) in [6.45, 7) is 5.40. The molecule has 1 aliphatic rings. The summed E-state index contributed by atoms with van der Waals surface area (Å²) in [6, 6.07) is 12.7. The highest BCUT2D eigenvalue weighted by Gasteiger charge is 2.22. The first kappa shape index (κ1) is 20.3. The second kappa shape index (κ2) is 9.64. The average Bonchev–Trinajstić information content (AvgIpc) is 3.01. The van der Waals surface area contributed by atoms with Gasteiger partial charge in [-0.15, -0.1) is 0 Å². The van der Waals surface area contributed by atoms with Crippen LogP contribution in [0.4, 0.5) is 4.79 Å². The van der Waals surface area contributed by atoms with Gasteiger partial charge in [0, 0.05) is 6.42 Å². The maximum absolute atomic E-state index is 11.7. The molecule has 0 unspecified atom stereocenters. The molecule has 1 heterocycles. The topological polar surface area (TPSA) is 85.9 Å². The number of nitrogens with one attached hydrogen (secondary N) is 2. The van der Waals surface area contributed by atoms with E-state index in [4.69, 9.17) is 14.2 Å². The predicted octanol–water partition coefficient (Wildman–Crippen LogP) is 3.42. The number of benzene rings is 2. The van der Waals surface area contributed by atoms with Crippen molar-refractivity contribution in [1.29, 1.82) is 0 Å². The zero-order chi connectivity index (χ0) is 20.6. The van der Waals surface area contributed by atoms with E-state index in [-0.39, 0.29) is 5.70 Å². The Morgan fingerprint density at radius 1 is 0.897 bits per heavy atom. The highest BCUT2D eigenvalue weighted by Crippen LogP contribution is 2.29. The highest BCUT2D eigenvalue weighted by atomic mass is 16.5. The molecule has 0 aromatic heterocycles. The molecule has 1 saturated heterocycles. The second-order valence-corrected chi connectivity index (χ2v) is 6.42. The van der Waals surface area contributed by atoms with Crippen LogP contribution in [0.15, 0.2) is 48.2 Å². The molecule has 2 N–H and O–H groups in total. The smallest absolute Gasteiger partial charge is 0.326 e. The summed E-state index contributed by atoms with van der Waals surface area (Å²) in [7, 11) is 0. The van der Waals surface area contributed by atoms with Crippen molar-refractivity contribution in [3.8, 4) is 17.2 Å². The third kappa shape index (κ3) is 5.51. The van der Waals surface area contributed by atoms with Crippen LogP contribution in [0, 0.1) is 6.92 Å². The molecular weight excluding hydrogens is 372 g/mol. The third-order valence-corrected chi connectivity index (χ3v) is 4.20. The molecule has 2 aromatic rings. The molecule has 1 fully saturated rings. The molecule has 0 spiro atoms. The number of hydrogen-bond acceptors (Lipinski definition) is 5.